The fraction of sp³-hybridized carbons (Fsp3) is 0.231. The Bertz CT molecular complexity index is 1310. The van der Waals surface area contributed by atoms with E-state index in [0.717, 1.165) is 27.4 Å². The van der Waals surface area contributed by atoms with E-state index in [-0.39, 0.29) is 17.6 Å². The van der Waals surface area contributed by atoms with Gasteiger partial charge in [-0.25, -0.2) is 9.98 Å². The van der Waals surface area contributed by atoms with Crippen molar-refractivity contribution in [1.82, 2.24) is 4.98 Å². The number of dihydropyridines is 1. The Balaban J connectivity index is 1.41. The van der Waals surface area contributed by atoms with E-state index in [0.29, 0.717) is 34.2 Å². The van der Waals surface area contributed by atoms with E-state index in [2.05, 4.69) is 4.99 Å². The molecule has 1 fully saturated rings. The summed E-state index contributed by atoms with van der Waals surface area (Å²) in [6.07, 6.45) is 2.77. The molecule has 1 saturated carbocycles. The number of ether oxygens (including phenoxy) is 1. The van der Waals surface area contributed by atoms with Gasteiger partial charge < -0.3 is 4.74 Å². The first-order valence-corrected chi connectivity index (χ1v) is 11.9. The van der Waals surface area contributed by atoms with Crippen LogP contribution in [0.3, 0.4) is 0 Å². The fourth-order valence-corrected chi connectivity index (χ4v) is 5.48. The molecule has 0 saturated heterocycles. The molecule has 2 atom stereocenters. The van der Waals surface area contributed by atoms with E-state index in [1.807, 2.05) is 55.5 Å². The number of nitrogens with zero attached hydrogens (tertiary/aromatic N) is 2. The molecule has 2 heterocycles. The van der Waals surface area contributed by atoms with Crippen molar-refractivity contribution in [3.8, 4) is 17.0 Å². The number of aromatic nitrogens is 1. The molecule has 0 radical (unpaired) electrons. The Labute approximate surface area is 200 Å². The molecule has 2 unspecified atom stereocenters. The number of thiazole rings is 1. The van der Waals surface area contributed by atoms with Crippen LogP contribution < -0.4 is 4.74 Å². The molecule has 5 rings (SSSR count). The average molecular weight is 477 g/mol. The smallest absolute Gasteiger partial charge is 0.279 e. The van der Waals surface area contributed by atoms with Crippen molar-refractivity contribution in [2.24, 2.45) is 10.9 Å². The van der Waals surface area contributed by atoms with Crippen LogP contribution in [0.25, 0.3) is 16.8 Å². The number of hydrogen-bond donors (Lipinski definition) is 0. The number of halogens is 1. The Morgan fingerprint density at radius 3 is 2.45 bits per heavy atom. The largest absolute Gasteiger partial charge is 0.497 e. The number of hydrogen-bond acceptors (Lipinski definition) is 5. The molecule has 1 aliphatic carbocycles. The van der Waals surface area contributed by atoms with Crippen LogP contribution in [0.5, 0.6) is 5.75 Å². The molecule has 0 spiro atoms. The zero-order chi connectivity index (χ0) is 23.1. The second kappa shape index (κ2) is 8.69. The zero-order valence-electron chi connectivity index (χ0n) is 18.2. The summed E-state index contributed by atoms with van der Waals surface area (Å²) in [5.74, 6) is 0.0706. The van der Waals surface area contributed by atoms with Gasteiger partial charge in [0.15, 0.2) is 0 Å². The molecule has 0 bridgehead atoms. The molecule has 1 aromatic heterocycles. The van der Waals surface area contributed by atoms with Gasteiger partial charge in [0.05, 0.1) is 24.3 Å². The van der Waals surface area contributed by atoms with Crippen LogP contribution >= 0.6 is 22.9 Å². The first kappa shape index (κ1) is 21.7. The fourth-order valence-electron chi connectivity index (χ4n) is 4.40. The number of methoxy groups -OCH3 is 1. The predicted molar refractivity (Wildman–Crippen MR) is 131 cm³/mol. The van der Waals surface area contributed by atoms with E-state index in [4.69, 9.17) is 21.3 Å². The van der Waals surface area contributed by atoms with E-state index in [1.54, 1.807) is 13.2 Å². The normalized spacial score (nSPS) is 20.2. The van der Waals surface area contributed by atoms with Crippen LogP contribution in [0.2, 0.25) is 5.02 Å². The molecule has 0 N–H and O–H groups in total. The van der Waals surface area contributed by atoms with E-state index < -0.39 is 5.92 Å². The third-order valence-electron chi connectivity index (χ3n) is 6.15. The number of rotatable bonds is 4. The number of Topliss-reactive ketones (excluding diaryl/α,β-unsaturated/α-hetero) is 1. The predicted octanol–water partition coefficient (Wildman–Crippen LogP) is 5.91. The number of fused-ring (bicyclic) bond motifs is 1. The van der Waals surface area contributed by atoms with Crippen LogP contribution in [0, 0.1) is 12.8 Å². The zero-order valence-corrected chi connectivity index (χ0v) is 19.7. The summed E-state index contributed by atoms with van der Waals surface area (Å²) in [7, 11) is 1.62. The first-order chi connectivity index (χ1) is 15.9. The summed E-state index contributed by atoms with van der Waals surface area (Å²) in [6, 6.07) is 15.2. The van der Waals surface area contributed by atoms with E-state index in [9.17, 15) is 9.59 Å². The number of benzene rings is 2. The molecule has 5 nitrogen and oxygen atoms in total. The van der Waals surface area contributed by atoms with Crippen molar-refractivity contribution in [2.75, 3.05) is 7.11 Å². The van der Waals surface area contributed by atoms with Gasteiger partial charge in [-0.2, -0.15) is 0 Å². The highest BCUT2D eigenvalue weighted by atomic mass is 35.5. The van der Waals surface area contributed by atoms with Gasteiger partial charge >= 0.3 is 0 Å². The molecule has 1 amide bonds. The van der Waals surface area contributed by atoms with Crippen LogP contribution in [0.15, 0.2) is 59.6 Å². The van der Waals surface area contributed by atoms with Crippen molar-refractivity contribution < 1.29 is 14.3 Å². The van der Waals surface area contributed by atoms with Crippen molar-refractivity contribution in [3.05, 3.63) is 75.1 Å². The Hall–Kier alpha value is -3.09. The summed E-state index contributed by atoms with van der Waals surface area (Å²) in [6.45, 7) is 1.97. The van der Waals surface area contributed by atoms with Gasteiger partial charge in [0.25, 0.3) is 5.91 Å². The lowest BCUT2D eigenvalue weighted by Gasteiger charge is -2.30. The van der Waals surface area contributed by atoms with Crippen molar-refractivity contribution in [1.29, 1.82) is 0 Å². The third kappa shape index (κ3) is 4.16. The van der Waals surface area contributed by atoms with Crippen molar-refractivity contribution in [2.45, 2.75) is 25.7 Å². The van der Waals surface area contributed by atoms with Gasteiger partial charge in [-0.1, -0.05) is 41.9 Å². The summed E-state index contributed by atoms with van der Waals surface area (Å²) < 4.78 is 5.22. The maximum Gasteiger partial charge on any atom is 0.279 e. The van der Waals surface area contributed by atoms with Crippen molar-refractivity contribution in [3.63, 3.8) is 0 Å². The minimum absolute atomic E-state index is 0.0137. The number of aryl methyl sites for hydroxylation is 1. The monoisotopic (exact) mass is 476 g/mol. The minimum atomic E-state index is -0.463. The Morgan fingerprint density at radius 1 is 1.03 bits per heavy atom. The summed E-state index contributed by atoms with van der Waals surface area (Å²) >= 11 is 7.44. The number of carbonyl (C=O) groups is 2. The average Bonchev–Trinajstić information content (AvgIpc) is 3.20. The van der Waals surface area contributed by atoms with Crippen molar-refractivity contribution >= 4 is 45.9 Å². The van der Waals surface area contributed by atoms with Crippen LogP contribution in [-0.2, 0) is 9.59 Å². The molecular formula is C26H21ClN2O3S. The summed E-state index contributed by atoms with van der Waals surface area (Å²) in [4.78, 5) is 36.1. The number of amides is 1. The SMILES string of the molecule is COc1ccc(C2CC(=O)C3C=C(c4nc(-c5ccc(Cl)cc5)c(C)s4)C(=O)N=C3C2)cc1. The lowest BCUT2D eigenvalue weighted by atomic mass is 9.75. The van der Waals surface area contributed by atoms with E-state index >= 15 is 0 Å². The highest BCUT2D eigenvalue weighted by Gasteiger charge is 2.37. The second-order valence-corrected chi connectivity index (χ2v) is 9.88. The minimum Gasteiger partial charge on any atom is -0.497 e. The number of carbonyl (C=O) groups excluding carboxylic acids is 2. The standard InChI is InChI=1S/C26H21ClN2O3S/c1-14-24(16-3-7-18(27)8-4-16)29-26(33-14)21-13-20-22(28-25(21)31)11-17(12-23(20)30)15-5-9-19(32-2)10-6-15/h3-10,13,17,20H,11-12H2,1-2H3. The molecule has 2 aliphatic rings. The van der Waals surface area contributed by atoms with Crippen LogP contribution in [0.1, 0.15) is 34.2 Å². The van der Waals surface area contributed by atoms with Gasteiger partial charge in [0.2, 0.25) is 0 Å². The number of aliphatic imine (C=N–C) groups is 1. The highest BCUT2D eigenvalue weighted by molar-refractivity contribution is 7.13. The van der Waals surface area contributed by atoms with Gasteiger partial charge in [-0.3, -0.25) is 9.59 Å². The van der Waals surface area contributed by atoms with Gasteiger partial charge in [-0.15, -0.1) is 11.3 Å². The Kier molecular flexibility index (Phi) is 5.72. The van der Waals surface area contributed by atoms with Crippen LogP contribution in [0.4, 0.5) is 0 Å². The molecule has 1 aliphatic heterocycles. The quantitative estimate of drug-likeness (QED) is 0.469. The highest BCUT2D eigenvalue weighted by Crippen LogP contribution is 2.39. The van der Waals surface area contributed by atoms with Crippen LogP contribution in [-0.4, -0.2) is 29.5 Å². The van der Waals surface area contributed by atoms with Gasteiger partial charge in [-0.05, 0) is 49.1 Å². The molecule has 7 heteroatoms. The van der Waals surface area contributed by atoms with Gasteiger partial charge in [0.1, 0.15) is 16.5 Å². The Morgan fingerprint density at radius 2 is 1.76 bits per heavy atom. The number of ketones is 1. The third-order valence-corrected chi connectivity index (χ3v) is 7.41. The van der Waals surface area contributed by atoms with E-state index in [1.165, 1.54) is 11.3 Å². The lowest BCUT2D eigenvalue weighted by molar-refractivity contribution is -0.120. The second-order valence-electron chi connectivity index (χ2n) is 8.24. The maximum absolute atomic E-state index is 13.1. The summed E-state index contributed by atoms with van der Waals surface area (Å²) in [5.41, 5.74) is 3.85. The molecule has 166 valence electrons. The maximum atomic E-state index is 13.1. The lowest BCUT2D eigenvalue weighted by Crippen LogP contribution is -2.34. The molecule has 33 heavy (non-hydrogen) atoms. The topological polar surface area (TPSA) is 68.6 Å². The first-order valence-electron chi connectivity index (χ1n) is 10.7. The number of allylic oxidation sites excluding steroid dienone is 1. The van der Waals surface area contributed by atoms with Gasteiger partial charge in [0, 0.05) is 27.6 Å². The molecule has 2 aromatic carbocycles. The molecule has 3 aromatic rings. The molecular weight excluding hydrogens is 456 g/mol. The summed E-state index contributed by atoms with van der Waals surface area (Å²) in [5, 5.41) is 1.25.